The van der Waals surface area contributed by atoms with Crippen LogP contribution in [0.1, 0.15) is 26.3 Å². The summed E-state index contributed by atoms with van der Waals surface area (Å²) in [6.45, 7) is 6.36. The van der Waals surface area contributed by atoms with Crippen molar-refractivity contribution >= 4 is 5.69 Å². The van der Waals surface area contributed by atoms with Gasteiger partial charge in [0.15, 0.2) is 0 Å². The fourth-order valence-corrected chi connectivity index (χ4v) is 1.67. The molecule has 0 radical (unpaired) electrons. The molecule has 0 aromatic heterocycles. The van der Waals surface area contributed by atoms with E-state index in [2.05, 4.69) is 62.2 Å². The molecule has 0 N–H and O–H groups in total. The number of allylic oxidation sites excluding steroid dienone is 4. The lowest BCUT2D eigenvalue weighted by molar-refractivity contribution is 1.04. The molecule has 0 heterocycles. The molecule has 1 aromatic rings. The fraction of sp³-hybridized carbons (Fsp3) is 0.333. The summed E-state index contributed by atoms with van der Waals surface area (Å²) in [6, 6.07) is 8.55. The molecular formula is C15H21N. The second-order valence-electron chi connectivity index (χ2n) is 3.88. The number of anilines is 1. The zero-order chi connectivity index (χ0) is 12.0. The lowest BCUT2D eigenvalue weighted by Gasteiger charge is -2.22. The molecule has 0 fully saturated rings. The minimum atomic E-state index is 1.07. The zero-order valence-corrected chi connectivity index (χ0v) is 10.7. The van der Waals surface area contributed by atoms with Crippen molar-refractivity contribution in [2.75, 3.05) is 11.9 Å². The van der Waals surface area contributed by atoms with E-state index in [1.807, 2.05) is 13.0 Å². The Morgan fingerprint density at radius 3 is 2.62 bits per heavy atom. The van der Waals surface area contributed by atoms with Crippen LogP contribution in [0.3, 0.4) is 0 Å². The number of rotatable bonds is 4. The predicted molar refractivity (Wildman–Crippen MR) is 72.8 cm³/mol. The summed E-state index contributed by atoms with van der Waals surface area (Å²) in [5, 5.41) is 0. The Morgan fingerprint density at radius 2 is 2.00 bits per heavy atom. The Bertz CT molecular complexity index is 388. The average Bonchev–Trinajstić information content (AvgIpc) is 2.34. The normalized spacial score (nSPS) is 12.1. The Kier molecular flexibility index (Phi) is 4.84. The topological polar surface area (TPSA) is 3.24 Å². The van der Waals surface area contributed by atoms with Gasteiger partial charge in [-0.25, -0.2) is 0 Å². The average molecular weight is 215 g/mol. The summed E-state index contributed by atoms with van der Waals surface area (Å²) in [7, 11) is 2.11. The molecule has 0 aliphatic rings. The lowest BCUT2D eigenvalue weighted by Crippen LogP contribution is -2.15. The largest absolute Gasteiger partial charge is 0.348 e. The van der Waals surface area contributed by atoms with Gasteiger partial charge in [-0.15, -0.1) is 0 Å². The molecule has 1 heteroatoms. The number of aryl methyl sites for hydroxylation is 1. The third-order valence-electron chi connectivity index (χ3n) is 2.79. The predicted octanol–water partition coefficient (Wildman–Crippen LogP) is 4.17. The quantitative estimate of drug-likeness (QED) is 0.681. The number of nitrogens with zero attached hydrogens (tertiary/aromatic N) is 1. The number of hydrogen-bond acceptors (Lipinski definition) is 1. The van der Waals surface area contributed by atoms with Gasteiger partial charge in [0, 0.05) is 18.4 Å². The van der Waals surface area contributed by atoms with Crippen molar-refractivity contribution in [3.63, 3.8) is 0 Å². The number of hydrogen-bond donors (Lipinski definition) is 0. The van der Waals surface area contributed by atoms with Crippen molar-refractivity contribution in [2.45, 2.75) is 27.2 Å². The van der Waals surface area contributed by atoms with Gasteiger partial charge in [0.05, 0.1) is 0 Å². The van der Waals surface area contributed by atoms with Gasteiger partial charge in [-0.2, -0.15) is 0 Å². The van der Waals surface area contributed by atoms with E-state index in [4.69, 9.17) is 0 Å². The van der Waals surface area contributed by atoms with Crippen molar-refractivity contribution in [1.29, 1.82) is 0 Å². The Labute approximate surface area is 99.1 Å². The molecule has 16 heavy (non-hydrogen) atoms. The zero-order valence-electron chi connectivity index (χ0n) is 10.7. The molecule has 0 aliphatic carbocycles. The van der Waals surface area contributed by atoms with E-state index < -0.39 is 0 Å². The molecule has 86 valence electrons. The van der Waals surface area contributed by atoms with Crippen molar-refractivity contribution < 1.29 is 0 Å². The molecule has 0 amide bonds. The monoisotopic (exact) mass is 215 g/mol. The van der Waals surface area contributed by atoms with Gasteiger partial charge < -0.3 is 4.90 Å². The molecule has 0 saturated carbocycles. The summed E-state index contributed by atoms with van der Waals surface area (Å²) in [4.78, 5) is 2.23. The first-order valence-corrected chi connectivity index (χ1v) is 5.82. The van der Waals surface area contributed by atoms with Crippen LogP contribution in [-0.4, -0.2) is 7.05 Å². The molecule has 0 unspecified atom stereocenters. The summed E-state index contributed by atoms with van der Waals surface area (Å²) < 4.78 is 0. The van der Waals surface area contributed by atoms with Gasteiger partial charge in [0.1, 0.15) is 0 Å². The van der Waals surface area contributed by atoms with Crippen LogP contribution in [0.2, 0.25) is 0 Å². The highest BCUT2D eigenvalue weighted by atomic mass is 15.1. The molecule has 0 spiro atoms. The smallest absolute Gasteiger partial charge is 0.0437 e. The second kappa shape index (κ2) is 6.16. The van der Waals surface area contributed by atoms with Crippen LogP contribution in [0.5, 0.6) is 0 Å². The summed E-state index contributed by atoms with van der Waals surface area (Å²) in [6.07, 6.45) is 7.31. The Morgan fingerprint density at radius 1 is 1.31 bits per heavy atom. The fourth-order valence-electron chi connectivity index (χ4n) is 1.67. The van der Waals surface area contributed by atoms with E-state index in [0.29, 0.717) is 0 Å². The van der Waals surface area contributed by atoms with E-state index in [1.54, 1.807) is 0 Å². The first kappa shape index (κ1) is 12.6. The Balaban J connectivity index is 2.99. The molecule has 1 nitrogen and oxygen atoms in total. The van der Waals surface area contributed by atoms with E-state index in [-0.39, 0.29) is 0 Å². The first-order chi connectivity index (χ1) is 7.70. The van der Waals surface area contributed by atoms with E-state index in [9.17, 15) is 0 Å². The first-order valence-electron chi connectivity index (χ1n) is 5.82. The maximum Gasteiger partial charge on any atom is 0.0437 e. The molecule has 0 atom stereocenters. The highest BCUT2D eigenvalue weighted by molar-refractivity contribution is 5.57. The summed E-state index contributed by atoms with van der Waals surface area (Å²) >= 11 is 0. The minimum absolute atomic E-state index is 1.07. The van der Waals surface area contributed by atoms with Crippen molar-refractivity contribution in [3.05, 3.63) is 53.8 Å². The SMILES string of the molecule is CC=CC=C(C)N(C)c1ccccc1CC. The van der Waals surface area contributed by atoms with Crippen molar-refractivity contribution in [3.8, 4) is 0 Å². The number of para-hydroxylation sites is 1. The highest BCUT2D eigenvalue weighted by Gasteiger charge is 2.05. The summed E-state index contributed by atoms with van der Waals surface area (Å²) in [5.41, 5.74) is 3.93. The summed E-state index contributed by atoms with van der Waals surface area (Å²) in [5.74, 6) is 0. The van der Waals surface area contributed by atoms with E-state index in [1.165, 1.54) is 16.9 Å². The lowest BCUT2D eigenvalue weighted by atomic mass is 10.1. The second-order valence-corrected chi connectivity index (χ2v) is 3.88. The maximum atomic E-state index is 2.23. The molecular weight excluding hydrogens is 194 g/mol. The number of benzene rings is 1. The van der Waals surface area contributed by atoms with Crippen molar-refractivity contribution in [1.82, 2.24) is 0 Å². The van der Waals surface area contributed by atoms with Gasteiger partial charge in [-0.1, -0.05) is 37.3 Å². The van der Waals surface area contributed by atoms with E-state index >= 15 is 0 Å². The van der Waals surface area contributed by atoms with Gasteiger partial charge >= 0.3 is 0 Å². The molecule has 0 bridgehead atoms. The third-order valence-corrected chi connectivity index (χ3v) is 2.79. The van der Waals surface area contributed by atoms with Crippen LogP contribution >= 0.6 is 0 Å². The third kappa shape index (κ3) is 2.99. The van der Waals surface area contributed by atoms with Crippen LogP contribution in [-0.2, 0) is 6.42 Å². The molecule has 0 saturated heterocycles. The van der Waals surface area contributed by atoms with Gasteiger partial charge in [-0.3, -0.25) is 0 Å². The van der Waals surface area contributed by atoms with Crippen LogP contribution in [0.25, 0.3) is 0 Å². The highest BCUT2D eigenvalue weighted by Crippen LogP contribution is 2.22. The maximum absolute atomic E-state index is 2.23. The van der Waals surface area contributed by atoms with E-state index in [0.717, 1.165) is 6.42 Å². The van der Waals surface area contributed by atoms with Crippen LogP contribution in [0.4, 0.5) is 5.69 Å². The minimum Gasteiger partial charge on any atom is -0.348 e. The van der Waals surface area contributed by atoms with Gasteiger partial charge in [-0.05, 0) is 38.0 Å². The standard InChI is InChI=1S/C15H21N/c1-5-7-10-13(3)16(4)15-12-9-8-11-14(15)6-2/h5,7-12H,6H2,1-4H3. The van der Waals surface area contributed by atoms with Crippen molar-refractivity contribution in [2.24, 2.45) is 0 Å². The molecule has 0 aliphatic heterocycles. The molecule has 1 rings (SSSR count). The van der Waals surface area contributed by atoms with Crippen LogP contribution < -0.4 is 4.90 Å². The van der Waals surface area contributed by atoms with Gasteiger partial charge in [0.2, 0.25) is 0 Å². The Hall–Kier alpha value is -1.50. The van der Waals surface area contributed by atoms with Crippen LogP contribution in [0, 0.1) is 0 Å². The van der Waals surface area contributed by atoms with Crippen LogP contribution in [0.15, 0.2) is 48.2 Å². The van der Waals surface area contributed by atoms with Gasteiger partial charge in [0.25, 0.3) is 0 Å². The molecule has 1 aromatic carbocycles.